The maximum absolute atomic E-state index is 4.16. The van der Waals surface area contributed by atoms with Gasteiger partial charge in [0.2, 0.25) is 0 Å². The van der Waals surface area contributed by atoms with E-state index in [1.165, 1.54) is 0 Å². The molecule has 3 nitrogen and oxygen atoms in total. The summed E-state index contributed by atoms with van der Waals surface area (Å²) < 4.78 is 2.95. The Morgan fingerprint density at radius 1 is 1.50 bits per heavy atom. The van der Waals surface area contributed by atoms with Crippen LogP contribution in [0, 0.1) is 13.8 Å². The second-order valence-electron chi connectivity index (χ2n) is 2.04. The van der Waals surface area contributed by atoms with Crippen LogP contribution < -0.4 is 3.53 Å². The van der Waals surface area contributed by atoms with E-state index < -0.39 is 0 Å². The number of nitrogens with zero attached hydrogens (tertiary/aromatic N) is 2. The molecule has 0 aliphatic rings. The van der Waals surface area contributed by atoms with Gasteiger partial charge in [-0.25, -0.2) is 9.97 Å². The van der Waals surface area contributed by atoms with Crippen molar-refractivity contribution < 1.29 is 0 Å². The topological polar surface area (TPSA) is 37.8 Å². The van der Waals surface area contributed by atoms with Crippen molar-refractivity contribution in [3.63, 3.8) is 0 Å². The number of rotatable bonds is 1. The maximum atomic E-state index is 4.16. The van der Waals surface area contributed by atoms with Crippen molar-refractivity contribution in [2.75, 3.05) is 3.53 Å². The van der Waals surface area contributed by atoms with E-state index in [1.54, 1.807) is 0 Å². The Morgan fingerprint density at radius 2 is 2.20 bits per heavy atom. The molecule has 0 bridgehead atoms. The van der Waals surface area contributed by atoms with Crippen LogP contribution in [-0.2, 0) is 0 Å². The largest absolute Gasteiger partial charge is 0.313 e. The fourth-order valence-electron chi connectivity index (χ4n) is 0.626. The van der Waals surface area contributed by atoms with Crippen LogP contribution in [0.4, 0.5) is 5.82 Å². The molecule has 0 saturated heterocycles. The third kappa shape index (κ3) is 1.56. The zero-order valence-corrected chi connectivity index (χ0v) is 8.01. The molecule has 0 fully saturated rings. The average molecular weight is 249 g/mol. The van der Waals surface area contributed by atoms with Gasteiger partial charge in [0.1, 0.15) is 11.6 Å². The van der Waals surface area contributed by atoms with E-state index in [9.17, 15) is 0 Å². The molecule has 0 atom stereocenters. The minimum Gasteiger partial charge on any atom is -0.313 e. The lowest BCUT2D eigenvalue weighted by molar-refractivity contribution is 1.04. The van der Waals surface area contributed by atoms with Crippen molar-refractivity contribution >= 4 is 28.7 Å². The molecule has 4 heteroatoms. The van der Waals surface area contributed by atoms with Crippen LogP contribution in [-0.4, -0.2) is 9.97 Å². The van der Waals surface area contributed by atoms with Crippen molar-refractivity contribution in [1.29, 1.82) is 0 Å². The molecule has 0 aliphatic carbocycles. The van der Waals surface area contributed by atoms with Crippen molar-refractivity contribution in [2.45, 2.75) is 13.8 Å². The molecule has 1 aromatic rings. The third-order valence-corrected chi connectivity index (χ3v) is 1.69. The lowest BCUT2D eigenvalue weighted by atomic mass is 10.3. The summed E-state index contributed by atoms with van der Waals surface area (Å²) in [6.07, 6.45) is 1.81. The Labute approximate surface area is 73.8 Å². The van der Waals surface area contributed by atoms with Crippen molar-refractivity contribution in [2.24, 2.45) is 0 Å². The zero-order chi connectivity index (χ0) is 7.56. The molecule has 0 aromatic carbocycles. The van der Waals surface area contributed by atoms with Gasteiger partial charge < -0.3 is 3.53 Å². The van der Waals surface area contributed by atoms with Gasteiger partial charge in [-0.2, -0.15) is 0 Å². The minimum atomic E-state index is 0.796. The number of aromatic nitrogens is 2. The first-order valence-electron chi connectivity index (χ1n) is 2.91. The summed E-state index contributed by atoms with van der Waals surface area (Å²) in [6.45, 7) is 3.84. The Hall–Kier alpha value is -0.390. The van der Waals surface area contributed by atoms with Crippen molar-refractivity contribution in [3.05, 3.63) is 17.6 Å². The van der Waals surface area contributed by atoms with Crippen LogP contribution in [0.3, 0.4) is 0 Å². The van der Waals surface area contributed by atoms with Crippen LogP contribution in [0.2, 0.25) is 0 Å². The minimum absolute atomic E-state index is 0.796. The molecule has 0 amide bonds. The van der Waals surface area contributed by atoms with Gasteiger partial charge in [-0.1, -0.05) is 0 Å². The van der Waals surface area contributed by atoms with Crippen molar-refractivity contribution in [1.82, 2.24) is 9.97 Å². The standard InChI is InChI=1S/C6H8IN3/c1-4-3-8-5(2)9-6(4)10-7/h3H,1-2H3,(H,8,9,10). The van der Waals surface area contributed by atoms with Gasteiger partial charge >= 0.3 is 0 Å². The molecular formula is C6H8IN3. The predicted molar refractivity (Wildman–Crippen MR) is 49.1 cm³/mol. The highest BCUT2D eigenvalue weighted by atomic mass is 127. The quantitative estimate of drug-likeness (QED) is 0.609. The Bertz CT molecular complexity index is 236. The van der Waals surface area contributed by atoms with Gasteiger partial charge in [-0.15, -0.1) is 0 Å². The molecule has 0 spiro atoms. The Kier molecular flexibility index (Phi) is 2.42. The van der Waals surface area contributed by atoms with E-state index in [0.29, 0.717) is 0 Å². The summed E-state index contributed by atoms with van der Waals surface area (Å²) in [5, 5.41) is 0. The van der Waals surface area contributed by atoms with Gasteiger partial charge in [0.05, 0.1) is 22.9 Å². The fraction of sp³-hybridized carbons (Fsp3) is 0.333. The van der Waals surface area contributed by atoms with E-state index in [2.05, 4.69) is 36.4 Å². The molecule has 54 valence electrons. The van der Waals surface area contributed by atoms with E-state index in [-0.39, 0.29) is 0 Å². The lowest BCUT2D eigenvalue weighted by Crippen LogP contribution is -1.94. The molecule has 0 aliphatic heterocycles. The molecule has 0 saturated carbocycles. The SMILES string of the molecule is Cc1ncc(C)c(NI)n1. The normalized spacial score (nSPS) is 9.50. The zero-order valence-electron chi connectivity index (χ0n) is 5.85. The van der Waals surface area contributed by atoms with Gasteiger partial charge in [-0.3, -0.25) is 0 Å². The molecule has 1 N–H and O–H groups in total. The number of halogens is 1. The molecule has 1 heterocycles. The lowest BCUT2D eigenvalue weighted by Gasteiger charge is -2.00. The third-order valence-electron chi connectivity index (χ3n) is 1.18. The van der Waals surface area contributed by atoms with Crippen molar-refractivity contribution in [3.8, 4) is 0 Å². The van der Waals surface area contributed by atoms with Crippen LogP contribution in [0.5, 0.6) is 0 Å². The van der Waals surface area contributed by atoms with E-state index >= 15 is 0 Å². The summed E-state index contributed by atoms with van der Waals surface area (Å²) >= 11 is 2.06. The molecule has 0 radical (unpaired) electrons. The summed E-state index contributed by atoms with van der Waals surface area (Å²) in [5.74, 6) is 1.69. The fourth-order valence-corrected chi connectivity index (χ4v) is 1.17. The summed E-state index contributed by atoms with van der Waals surface area (Å²) in [7, 11) is 0. The summed E-state index contributed by atoms with van der Waals surface area (Å²) in [6, 6.07) is 0. The average Bonchev–Trinajstić information content (AvgIpc) is 1.94. The molecule has 0 unspecified atom stereocenters. The number of anilines is 1. The molecule has 10 heavy (non-hydrogen) atoms. The highest BCUT2D eigenvalue weighted by Crippen LogP contribution is 2.10. The van der Waals surface area contributed by atoms with Crippen LogP contribution in [0.15, 0.2) is 6.20 Å². The molecular weight excluding hydrogens is 241 g/mol. The Balaban J connectivity index is 3.09. The van der Waals surface area contributed by atoms with Gasteiger partial charge in [-0.05, 0) is 13.8 Å². The second-order valence-corrected chi connectivity index (χ2v) is 2.58. The van der Waals surface area contributed by atoms with E-state index in [0.717, 1.165) is 17.2 Å². The molecule has 1 aromatic heterocycles. The van der Waals surface area contributed by atoms with Gasteiger partial charge in [0.15, 0.2) is 0 Å². The number of nitrogens with one attached hydrogen (secondary N) is 1. The highest BCUT2D eigenvalue weighted by molar-refractivity contribution is 14.1. The second kappa shape index (κ2) is 3.14. The highest BCUT2D eigenvalue weighted by Gasteiger charge is 1.96. The maximum Gasteiger partial charge on any atom is 0.141 e. The summed E-state index contributed by atoms with van der Waals surface area (Å²) in [5.41, 5.74) is 1.07. The van der Waals surface area contributed by atoms with Crippen LogP contribution in [0.25, 0.3) is 0 Å². The number of aryl methyl sites for hydroxylation is 2. The predicted octanol–water partition coefficient (Wildman–Crippen LogP) is 1.86. The van der Waals surface area contributed by atoms with Crippen LogP contribution in [0.1, 0.15) is 11.4 Å². The first-order valence-corrected chi connectivity index (χ1v) is 3.99. The first kappa shape index (κ1) is 7.71. The smallest absolute Gasteiger partial charge is 0.141 e. The Morgan fingerprint density at radius 3 is 2.70 bits per heavy atom. The van der Waals surface area contributed by atoms with Gasteiger partial charge in [0.25, 0.3) is 0 Å². The summed E-state index contributed by atoms with van der Waals surface area (Å²) in [4.78, 5) is 8.19. The van der Waals surface area contributed by atoms with Crippen LogP contribution >= 0.6 is 22.9 Å². The number of hydrogen-bond acceptors (Lipinski definition) is 3. The monoisotopic (exact) mass is 249 g/mol. The van der Waals surface area contributed by atoms with E-state index in [1.807, 2.05) is 20.0 Å². The van der Waals surface area contributed by atoms with E-state index in [4.69, 9.17) is 0 Å². The number of hydrogen-bond donors (Lipinski definition) is 1. The van der Waals surface area contributed by atoms with Gasteiger partial charge in [0, 0.05) is 11.8 Å². The first-order chi connectivity index (χ1) is 4.74. The molecule has 1 rings (SSSR count).